The number of aliphatic carboxylic acids is 2. The van der Waals surface area contributed by atoms with Crippen LogP contribution in [-0.2, 0) is 9.59 Å². The van der Waals surface area contributed by atoms with Crippen molar-refractivity contribution in [3.05, 3.63) is 66.0 Å². The summed E-state index contributed by atoms with van der Waals surface area (Å²) in [5, 5.41) is 36.5. The Hall–Kier alpha value is -4.73. The summed E-state index contributed by atoms with van der Waals surface area (Å²) in [4.78, 5) is 42.5. The predicted octanol–water partition coefficient (Wildman–Crippen LogP) is 1.49. The van der Waals surface area contributed by atoms with Gasteiger partial charge in [-0.05, 0) is 42.8 Å². The van der Waals surface area contributed by atoms with Gasteiger partial charge in [0.25, 0.3) is 5.91 Å². The number of hydrogen-bond acceptors (Lipinski definition) is 10. The first-order valence-corrected chi connectivity index (χ1v) is 12.5. The van der Waals surface area contributed by atoms with E-state index >= 15 is 0 Å². The average Bonchev–Trinajstić information content (AvgIpc) is 3.33. The first-order valence-electron chi connectivity index (χ1n) is 12.5. The number of ether oxygens (including phenoxy) is 1. The highest BCUT2D eigenvalue weighted by Gasteiger charge is 2.31. The highest BCUT2D eigenvalue weighted by atomic mass is 19.1. The van der Waals surface area contributed by atoms with E-state index in [1.165, 1.54) is 49.7 Å². The van der Waals surface area contributed by atoms with Crippen molar-refractivity contribution < 1.29 is 48.3 Å². The van der Waals surface area contributed by atoms with Crippen molar-refractivity contribution in [2.75, 3.05) is 30.5 Å². The molecule has 224 valence electrons. The quantitative estimate of drug-likeness (QED) is 0.210. The number of benzene rings is 2. The first-order chi connectivity index (χ1) is 19.9. The molecule has 0 radical (unpaired) electrons. The number of nitrogens with zero attached hydrogens (tertiary/aromatic N) is 3. The van der Waals surface area contributed by atoms with E-state index in [1.807, 2.05) is 4.90 Å². The number of carboxylic acids is 2. The van der Waals surface area contributed by atoms with Gasteiger partial charge >= 0.3 is 11.9 Å². The van der Waals surface area contributed by atoms with Crippen molar-refractivity contribution in [2.24, 2.45) is 5.73 Å². The van der Waals surface area contributed by atoms with Crippen molar-refractivity contribution in [1.29, 1.82) is 0 Å². The minimum atomic E-state index is -1.79. The lowest BCUT2D eigenvalue weighted by atomic mass is 10.1. The zero-order chi connectivity index (χ0) is 31.0. The smallest absolute Gasteiger partial charge is 0.333 e. The Bertz CT molecular complexity index is 1440. The van der Waals surface area contributed by atoms with Crippen LogP contribution in [0.1, 0.15) is 23.3 Å². The molecule has 4 rings (SSSR count). The van der Waals surface area contributed by atoms with Gasteiger partial charge in [0.15, 0.2) is 11.9 Å². The van der Waals surface area contributed by atoms with E-state index in [-0.39, 0.29) is 47.2 Å². The van der Waals surface area contributed by atoms with Crippen LogP contribution in [0.5, 0.6) is 5.75 Å². The fraction of sp³-hybridized carbons (Fsp3) is 0.296. The van der Waals surface area contributed by atoms with Crippen molar-refractivity contribution in [1.82, 2.24) is 9.97 Å². The van der Waals surface area contributed by atoms with E-state index in [4.69, 9.17) is 25.8 Å². The lowest BCUT2D eigenvalue weighted by Gasteiger charge is -2.27. The van der Waals surface area contributed by atoms with Crippen LogP contribution in [0, 0.1) is 11.6 Å². The summed E-state index contributed by atoms with van der Waals surface area (Å²) in [6, 6.07) is 9.25. The third-order valence-corrected chi connectivity index (χ3v) is 6.13. The number of carboxylic acid groups (broad SMARTS) is 2. The van der Waals surface area contributed by atoms with Gasteiger partial charge < -0.3 is 41.1 Å². The molecule has 3 aromatic rings. The molecule has 1 amide bonds. The number of aromatic nitrogens is 2. The molecule has 0 aliphatic carbocycles. The van der Waals surface area contributed by atoms with Gasteiger partial charge in [-0.1, -0.05) is 6.07 Å². The number of halogens is 2. The number of carbonyl (C=O) groups is 3. The van der Waals surface area contributed by atoms with Gasteiger partial charge in [-0.15, -0.1) is 0 Å². The summed E-state index contributed by atoms with van der Waals surface area (Å²) in [6.45, 7) is 0.322. The second-order valence-corrected chi connectivity index (χ2v) is 9.13. The molecule has 15 heteroatoms. The summed E-state index contributed by atoms with van der Waals surface area (Å²) < 4.78 is 33.7. The van der Waals surface area contributed by atoms with Gasteiger partial charge in [-0.25, -0.2) is 23.5 Å². The van der Waals surface area contributed by atoms with Gasteiger partial charge in [-0.3, -0.25) is 9.59 Å². The fourth-order valence-electron chi connectivity index (χ4n) is 4.22. The molecule has 0 spiro atoms. The maximum atomic E-state index is 14.4. The number of aliphatic hydroxyl groups excluding tert-OH is 2. The summed E-state index contributed by atoms with van der Waals surface area (Å²) in [5.41, 5.74) is 6.75. The van der Waals surface area contributed by atoms with Crippen LogP contribution in [-0.4, -0.2) is 86.7 Å². The lowest BCUT2D eigenvalue weighted by Crippen LogP contribution is -2.33. The SMILES string of the molecule is COc1cccc(F)c1-c1nccc(C(=O)Nc2cc(F)ccc2N2C[C@@H](N)C[C@H]2CO)n1.O=C(O)CC(O)C(=O)O. The van der Waals surface area contributed by atoms with Crippen LogP contribution >= 0.6 is 0 Å². The molecule has 2 heterocycles. The first kappa shape index (κ1) is 31.8. The van der Waals surface area contributed by atoms with Crippen LogP contribution in [0.3, 0.4) is 0 Å². The van der Waals surface area contributed by atoms with Gasteiger partial charge in [0.05, 0.1) is 43.1 Å². The number of nitrogens with two attached hydrogens (primary N) is 1. The van der Waals surface area contributed by atoms with Crippen LogP contribution in [0.4, 0.5) is 20.2 Å². The third-order valence-electron chi connectivity index (χ3n) is 6.13. The van der Waals surface area contributed by atoms with Crippen molar-refractivity contribution in [3.63, 3.8) is 0 Å². The van der Waals surface area contributed by atoms with Crippen LogP contribution in [0.15, 0.2) is 48.7 Å². The predicted molar refractivity (Wildman–Crippen MR) is 145 cm³/mol. The normalized spacial score (nSPS) is 16.7. The summed E-state index contributed by atoms with van der Waals surface area (Å²) >= 11 is 0. The number of anilines is 2. The highest BCUT2D eigenvalue weighted by Crippen LogP contribution is 2.33. The Morgan fingerprint density at radius 2 is 1.93 bits per heavy atom. The zero-order valence-corrected chi connectivity index (χ0v) is 22.3. The third kappa shape index (κ3) is 7.93. The van der Waals surface area contributed by atoms with E-state index in [2.05, 4.69) is 15.3 Å². The van der Waals surface area contributed by atoms with Crippen molar-refractivity contribution >= 4 is 29.2 Å². The summed E-state index contributed by atoms with van der Waals surface area (Å²) in [6.07, 6.45) is -0.643. The summed E-state index contributed by atoms with van der Waals surface area (Å²) in [5.74, 6) is -4.42. The number of aliphatic hydroxyl groups is 2. The van der Waals surface area contributed by atoms with Crippen molar-refractivity contribution in [2.45, 2.75) is 31.0 Å². The molecule has 2 aromatic carbocycles. The maximum absolute atomic E-state index is 14.4. The monoisotopic (exact) mass is 589 g/mol. The Balaban J connectivity index is 0.000000467. The van der Waals surface area contributed by atoms with Gasteiger partial charge in [-0.2, -0.15) is 0 Å². The number of carbonyl (C=O) groups excluding carboxylic acids is 1. The number of hydrogen-bond donors (Lipinski definition) is 6. The molecule has 7 N–H and O–H groups in total. The highest BCUT2D eigenvalue weighted by molar-refractivity contribution is 6.05. The molecular formula is C27H29F2N5O8. The second kappa shape index (κ2) is 14.2. The Labute approximate surface area is 238 Å². The van der Waals surface area contributed by atoms with E-state index in [9.17, 15) is 28.3 Å². The van der Waals surface area contributed by atoms with Crippen LogP contribution < -0.4 is 20.7 Å². The van der Waals surface area contributed by atoms with Crippen LogP contribution in [0.2, 0.25) is 0 Å². The molecule has 0 saturated carbocycles. The molecule has 42 heavy (non-hydrogen) atoms. The number of methoxy groups -OCH3 is 1. The Morgan fingerprint density at radius 3 is 2.55 bits per heavy atom. The van der Waals surface area contributed by atoms with E-state index in [1.54, 1.807) is 6.07 Å². The van der Waals surface area contributed by atoms with Gasteiger partial charge in [0.1, 0.15) is 23.1 Å². The molecule has 1 saturated heterocycles. The zero-order valence-electron chi connectivity index (χ0n) is 22.3. The van der Waals surface area contributed by atoms with Gasteiger partial charge in [0, 0.05) is 18.8 Å². The second-order valence-electron chi connectivity index (χ2n) is 9.13. The van der Waals surface area contributed by atoms with Crippen molar-refractivity contribution in [3.8, 4) is 17.1 Å². The van der Waals surface area contributed by atoms with Crippen LogP contribution in [0.25, 0.3) is 11.4 Å². The molecule has 0 bridgehead atoms. The molecule has 1 fully saturated rings. The Kier molecular flexibility index (Phi) is 10.8. The summed E-state index contributed by atoms with van der Waals surface area (Å²) in [7, 11) is 1.39. The minimum Gasteiger partial charge on any atom is -0.496 e. The molecule has 3 atom stereocenters. The average molecular weight is 590 g/mol. The minimum absolute atomic E-state index is 0.0251. The number of nitrogens with one attached hydrogen (secondary N) is 1. The van der Waals surface area contributed by atoms with Gasteiger partial charge in [0.2, 0.25) is 0 Å². The fourth-order valence-corrected chi connectivity index (χ4v) is 4.22. The van der Waals surface area contributed by atoms with E-state index in [0.717, 1.165) is 0 Å². The standard InChI is InChI=1S/C23H23F2N5O3.C4H6O5/c1-33-20-4-2-3-16(25)21(20)22-27-8-7-17(28-22)23(32)29-18-9-13(24)5-6-19(18)30-11-14(26)10-15(30)12-31;5-2(4(8)9)1-3(6)7/h2-9,14-15,31H,10-12,26H2,1H3,(H,29,32);2,5H,1H2,(H,6,7)(H,8,9)/t14-,15-;/m0./s1. The molecule has 1 aliphatic heterocycles. The lowest BCUT2D eigenvalue weighted by molar-refractivity contribution is -0.152. The molecular weight excluding hydrogens is 560 g/mol. The van der Waals surface area contributed by atoms with E-state index < -0.39 is 42.0 Å². The molecule has 13 nitrogen and oxygen atoms in total. The molecule has 1 aliphatic rings. The largest absolute Gasteiger partial charge is 0.496 e. The molecule has 1 aromatic heterocycles. The Morgan fingerprint density at radius 1 is 1.19 bits per heavy atom. The number of rotatable bonds is 9. The van der Waals surface area contributed by atoms with E-state index in [0.29, 0.717) is 18.7 Å². The number of amides is 1. The maximum Gasteiger partial charge on any atom is 0.333 e. The topological polar surface area (TPSA) is 208 Å². The molecule has 1 unspecified atom stereocenters.